The molecule has 0 saturated heterocycles. The molecule has 0 bridgehead atoms. The summed E-state index contributed by atoms with van der Waals surface area (Å²) in [5.74, 6) is 0.154. The molecular formula is C22H16N4O3S. The Kier molecular flexibility index (Phi) is 4.70. The minimum absolute atomic E-state index is 0.0822. The van der Waals surface area contributed by atoms with Gasteiger partial charge in [0.25, 0.3) is 0 Å². The SMILES string of the molecule is Cc1nc2c(-c3ccccc3S(N)(=O)=O)c(C(=O)c3ccccc3)c(C#N)cc2[nH]1. The third kappa shape index (κ3) is 3.26. The minimum atomic E-state index is -4.10. The normalized spacial score (nSPS) is 11.4. The first-order valence-electron chi connectivity index (χ1n) is 8.96. The van der Waals surface area contributed by atoms with Crippen LogP contribution < -0.4 is 5.14 Å². The summed E-state index contributed by atoms with van der Waals surface area (Å²) in [5.41, 5.74) is 1.95. The Labute approximate surface area is 172 Å². The molecule has 0 atom stereocenters. The highest BCUT2D eigenvalue weighted by Crippen LogP contribution is 2.37. The van der Waals surface area contributed by atoms with Gasteiger partial charge in [0, 0.05) is 16.7 Å². The lowest BCUT2D eigenvalue weighted by Gasteiger charge is -2.15. The van der Waals surface area contributed by atoms with Gasteiger partial charge in [-0.1, -0.05) is 48.5 Å². The summed E-state index contributed by atoms with van der Waals surface area (Å²) < 4.78 is 24.5. The van der Waals surface area contributed by atoms with Gasteiger partial charge in [-0.15, -0.1) is 0 Å². The number of imidazole rings is 1. The van der Waals surface area contributed by atoms with Gasteiger partial charge in [-0.05, 0) is 19.1 Å². The molecule has 3 aromatic carbocycles. The van der Waals surface area contributed by atoms with E-state index in [0.29, 0.717) is 22.4 Å². The van der Waals surface area contributed by atoms with Gasteiger partial charge in [0.05, 0.1) is 33.1 Å². The highest BCUT2D eigenvalue weighted by atomic mass is 32.2. The molecule has 0 radical (unpaired) electrons. The number of aromatic nitrogens is 2. The number of rotatable bonds is 4. The molecule has 0 aliphatic carbocycles. The lowest BCUT2D eigenvalue weighted by molar-refractivity contribution is 0.103. The number of aryl methyl sites for hydroxylation is 1. The molecule has 0 unspecified atom stereocenters. The van der Waals surface area contributed by atoms with Gasteiger partial charge in [-0.2, -0.15) is 5.26 Å². The lowest BCUT2D eigenvalue weighted by atomic mass is 9.89. The molecule has 0 fully saturated rings. The average molecular weight is 416 g/mol. The smallest absolute Gasteiger partial charge is 0.238 e. The standard InChI is InChI=1S/C22H16N4O3S/c1-13-25-17-11-15(12-23)19(22(27)14-7-3-2-4-8-14)20(21(17)26-13)16-9-5-6-10-18(16)30(24,28)29/h2-11H,1H3,(H,25,26)(H2,24,28,29). The molecule has 7 nitrogen and oxygen atoms in total. The minimum Gasteiger partial charge on any atom is -0.342 e. The highest BCUT2D eigenvalue weighted by Gasteiger charge is 2.27. The van der Waals surface area contributed by atoms with Crippen molar-refractivity contribution in [2.75, 3.05) is 0 Å². The molecule has 0 amide bonds. The van der Waals surface area contributed by atoms with Gasteiger partial charge in [0.1, 0.15) is 5.82 Å². The van der Waals surface area contributed by atoms with Crippen LogP contribution in [0.25, 0.3) is 22.2 Å². The third-order valence-electron chi connectivity index (χ3n) is 4.74. The summed E-state index contributed by atoms with van der Waals surface area (Å²) in [7, 11) is -4.10. The number of carbonyl (C=O) groups excluding carboxylic acids is 1. The van der Waals surface area contributed by atoms with E-state index >= 15 is 0 Å². The average Bonchev–Trinajstić information content (AvgIpc) is 3.11. The maximum Gasteiger partial charge on any atom is 0.238 e. The van der Waals surface area contributed by atoms with Crippen molar-refractivity contribution < 1.29 is 13.2 Å². The highest BCUT2D eigenvalue weighted by molar-refractivity contribution is 7.89. The summed E-state index contributed by atoms with van der Waals surface area (Å²) in [6.45, 7) is 1.74. The summed E-state index contributed by atoms with van der Waals surface area (Å²) in [6, 6.07) is 18.2. The number of nitrogens with one attached hydrogen (secondary N) is 1. The number of hydrogen-bond acceptors (Lipinski definition) is 5. The third-order valence-corrected chi connectivity index (χ3v) is 5.71. The quantitative estimate of drug-likeness (QED) is 0.493. The maximum atomic E-state index is 13.5. The van der Waals surface area contributed by atoms with Crippen molar-refractivity contribution in [3.8, 4) is 17.2 Å². The Hall–Kier alpha value is -3.80. The summed E-state index contributed by atoms with van der Waals surface area (Å²) in [4.78, 5) is 20.8. The largest absolute Gasteiger partial charge is 0.342 e. The van der Waals surface area contributed by atoms with Crippen LogP contribution in [0.2, 0.25) is 0 Å². The van der Waals surface area contributed by atoms with Crippen LogP contribution in [0.15, 0.2) is 65.6 Å². The number of primary sulfonamides is 1. The Morgan fingerprint density at radius 2 is 1.77 bits per heavy atom. The fourth-order valence-corrected chi connectivity index (χ4v) is 4.26. The van der Waals surface area contributed by atoms with Crippen LogP contribution in [0.5, 0.6) is 0 Å². The Morgan fingerprint density at radius 3 is 2.43 bits per heavy atom. The van der Waals surface area contributed by atoms with E-state index < -0.39 is 15.8 Å². The number of nitrogens with zero attached hydrogens (tertiary/aromatic N) is 2. The Balaban J connectivity index is 2.19. The van der Waals surface area contributed by atoms with E-state index in [2.05, 4.69) is 16.0 Å². The van der Waals surface area contributed by atoms with Gasteiger partial charge in [-0.25, -0.2) is 18.5 Å². The van der Waals surface area contributed by atoms with E-state index in [4.69, 9.17) is 5.14 Å². The summed E-state index contributed by atoms with van der Waals surface area (Å²) in [5, 5.41) is 15.2. The van der Waals surface area contributed by atoms with Gasteiger partial charge in [0.2, 0.25) is 10.0 Å². The van der Waals surface area contributed by atoms with Gasteiger partial charge < -0.3 is 4.98 Å². The number of hydrogen-bond donors (Lipinski definition) is 2. The maximum absolute atomic E-state index is 13.5. The van der Waals surface area contributed by atoms with Crippen molar-refractivity contribution in [2.45, 2.75) is 11.8 Å². The number of aromatic amines is 1. The number of fused-ring (bicyclic) bond motifs is 1. The predicted octanol–water partition coefficient (Wildman–Crippen LogP) is 3.29. The number of nitrogens with two attached hydrogens (primary N) is 1. The number of sulfonamides is 1. The zero-order chi connectivity index (χ0) is 21.5. The molecule has 8 heteroatoms. The van der Waals surface area contributed by atoms with Gasteiger partial charge in [-0.3, -0.25) is 4.79 Å². The molecule has 30 heavy (non-hydrogen) atoms. The first-order valence-corrected chi connectivity index (χ1v) is 10.5. The molecule has 0 saturated carbocycles. The monoisotopic (exact) mass is 416 g/mol. The fraction of sp³-hybridized carbons (Fsp3) is 0.0455. The first-order chi connectivity index (χ1) is 14.3. The lowest BCUT2D eigenvalue weighted by Crippen LogP contribution is -2.15. The van der Waals surface area contributed by atoms with Crippen LogP contribution in [0, 0.1) is 18.3 Å². The Bertz CT molecular complexity index is 1450. The Morgan fingerprint density at radius 1 is 1.10 bits per heavy atom. The van der Waals surface area contributed by atoms with Crippen molar-refractivity contribution in [1.82, 2.24) is 9.97 Å². The number of carbonyl (C=O) groups is 1. The molecule has 1 aromatic heterocycles. The van der Waals surface area contributed by atoms with Gasteiger partial charge >= 0.3 is 0 Å². The zero-order valence-corrected chi connectivity index (χ0v) is 16.7. The molecule has 4 rings (SSSR count). The second-order valence-electron chi connectivity index (χ2n) is 6.74. The van der Waals surface area contributed by atoms with Crippen molar-refractivity contribution in [1.29, 1.82) is 5.26 Å². The molecule has 148 valence electrons. The van der Waals surface area contributed by atoms with E-state index in [1.165, 1.54) is 6.07 Å². The van der Waals surface area contributed by atoms with E-state index in [-0.39, 0.29) is 27.1 Å². The van der Waals surface area contributed by atoms with Crippen molar-refractivity contribution in [3.05, 3.63) is 83.2 Å². The molecule has 1 heterocycles. The fourth-order valence-electron chi connectivity index (χ4n) is 3.52. The molecule has 4 aromatic rings. The van der Waals surface area contributed by atoms with E-state index in [1.807, 2.05) is 0 Å². The van der Waals surface area contributed by atoms with Crippen LogP contribution in [-0.4, -0.2) is 24.2 Å². The van der Waals surface area contributed by atoms with Crippen LogP contribution in [0.4, 0.5) is 0 Å². The van der Waals surface area contributed by atoms with Crippen LogP contribution in [0.3, 0.4) is 0 Å². The summed E-state index contributed by atoms with van der Waals surface area (Å²) in [6.07, 6.45) is 0. The van der Waals surface area contributed by atoms with Crippen molar-refractivity contribution >= 4 is 26.8 Å². The number of benzene rings is 3. The van der Waals surface area contributed by atoms with Crippen molar-refractivity contribution in [2.24, 2.45) is 5.14 Å². The van der Waals surface area contributed by atoms with E-state index in [9.17, 15) is 18.5 Å². The van der Waals surface area contributed by atoms with E-state index in [0.717, 1.165) is 0 Å². The first kappa shape index (κ1) is 19.5. The van der Waals surface area contributed by atoms with E-state index in [1.54, 1.807) is 61.5 Å². The number of H-pyrrole nitrogens is 1. The van der Waals surface area contributed by atoms with Gasteiger partial charge in [0.15, 0.2) is 5.78 Å². The molecule has 0 aliphatic rings. The molecular weight excluding hydrogens is 400 g/mol. The molecule has 3 N–H and O–H groups in total. The molecule has 0 aliphatic heterocycles. The summed E-state index contributed by atoms with van der Waals surface area (Å²) >= 11 is 0. The predicted molar refractivity (Wildman–Crippen MR) is 112 cm³/mol. The number of ketones is 1. The zero-order valence-electron chi connectivity index (χ0n) is 15.9. The second kappa shape index (κ2) is 7.22. The molecule has 0 spiro atoms. The van der Waals surface area contributed by atoms with Crippen molar-refractivity contribution in [3.63, 3.8) is 0 Å². The van der Waals surface area contributed by atoms with Crippen LogP contribution >= 0.6 is 0 Å². The van der Waals surface area contributed by atoms with Crippen LogP contribution in [0.1, 0.15) is 27.3 Å². The second-order valence-corrected chi connectivity index (χ2v) is 8.27. The topological polar surface area (TPSA) is 130 Å². The number of nitriles is 1. The van der Waals surface area contributed by atoms with Crippen LogP contribution in [-0.2, 0) is 10.0 Å².